The van der Waals surface area contributed by atoms with Crippen LogP contribution < -0.4 is 5.32 Å². The van der Waals surface area contributed by atoms with Gasteiger partial charge in [0.15, 0.2) is 0 Å². The molecule has 1 aromatic rings. The van der Waals surface area contributed by atoms with E-state index in [2.05, 4.69) is 33.1 Å². The van der Waals surface area contributed by atoms with Crippen molar-refractivity contribution in [1.82, 2.24) is 10.2 Å². The van der Waals surface area contributed by atoms with Crippen molar-refractivity contribution in [3.05, 3.63) is 34.1 Å². The van der Waals surface area contributed by atoms with Crippen LogP contribution in [0.2, 0.25) is 0 Å². The minimum Gasteiger partial charge on any atom is -0.349 e. The molecule has 21 heavy (non-hydrogen) atoms. The van der Waals surface area contributed by atoms with Crippen molar-refractivity contribution >= 4 is 21.8 Å². The molecular weight excluding hydrogens is 335 g/mol. The van der Waals surface area contributed by atoms with E-state index in [4.69, 9.17) is 0 Å². The minimum atomic E-state index is -0.406. The van der Waals surface area contributed by atoms with Crippen LogP contribution in [0.25, 0.3) is 0 Å². The predicted molar refractivity (Wildman–Crippen MR) is 85.9 cm³/mol. The molecule has 1 heterocycles. The summed E-state index contributed by atoms with van der Waals surface area (Å²) in [6.07, 6.45) is 4.38. The molecule has 1 N–H and O–H groups in total. The van der Waals surface area contributed by atoms with Crippen LogP contribution in [-0.2, 0) is 0 Å². The third-order valence-corrected chi connectivity index (χ3v) is 4.58. The molecule has 116 valence electrons. The van der Waals surface area contributed by atoms with Crippen molar-refractivity contribution in [2.75, 3.05) is 19.6 Å². The van der Waals surface area contributed by atoms with Gasteiger partial charge in [-0.05, 0) is 59.9 Å². The van der Waals surface area contributed by atoms with Crippen LogP contribution in [0.4, 0.5) is 4.39 Å². The second kappa shape index (κ2) is 7.90. The number of nitrogens with zero attached hydrogens (tertiary/aromatic N) is 1. The molecule has 1 aliphatic rings. The first kappa shape index (κ1) is 16.4. The molecule has 0 radical (unpaired) electrons. The Kier molecular flexibility index (Phi) is 6.18. The Balaban J connectivity index is 1.82. The third-order valence-electron chi connectivity index (χ3n) is 3.93. The molecule has 0 bridgehead atoms. The summed E-state index contributed by atoms with van der Waals surface area (Å²) >= 11 is 3.09. The summed E-state index contributed by atoms with van der Waals surface area (Å²) in [5, 5.41) is 3.01. The number of hydrogen-bond donors (Lipinski definition) is 1. The number of carbonyl (C=O) groups is 1. The van der Waals surface area contributed by atoms with E-state index in [1.54, 1.807) is 12.1 Å². The molecule has 1 aromatic carbocycles. The molecule has 0 aliphatic carbocycles. The summed E-state index contributed by atoms with van der Waals surface area (Å²) in [6.45, 7) is 5.40. The topological polar surface area (TPSA) is 32.3 Å². The van der Waals surface area contributed by atoms with Crippen LogP contribution >= 0.6 is 15.9 Å². The van der Waals surface area contributed by atoms with Crippen LogP contribution in [0, 0.1) is 5.82 Å². The fourth-order valence-electron chi connectivity index (χ4n) is 2.59. The van der Waals surface area contributed by atoms with Gasteiger partial charge in [-0.1, -0.05) is 13.3 Å². The Morgan fingerprint density at radius 3 is 2.76 bits per heavy atom. The maximum absolute atomic E-state index is 13.5. The van der Waals surface area contributed by atoms with Gasteiger partial charge in [-0.3, -0.25) is 4.79 Å². The molecule has 5 heteroatoms. The SMILES string of the molecule is CCCCN1CCC(NC(=O)c2ccc(Br)c(F)c2)CC1. The Hall–Kier alpha value is -0.940. The first-order chi connectivity index (χ1) is 10.1. The average molecular weight is 357 g/mol. The summed E-state index contributed by atoms with van der Waals surface area (Å²) in [5.41, 5.74) is 0.379. The molecule has 1 aliphatic heterocycles. The highest BCUT2D eigenvalue weighted by molar-refractivity contribution is 9.10. The molecule has 0 aromatic heterocycles. The van der Waals surface area contributed by atoms with E-state index in [-0.39, 0.29) is 11.9 Å². The monoisotopic (exact) mass is 356 g/mol. The van der Waals surface area contributed by atoms with Crippen LogP contribution in [0.3, 0.4) is 0 Å². The Labute approximate surface area is 134 Å². The number of piperidine rings is 1. The lowest BCUT2D eigenvalue weighted by atomic mass is 10.0. The lowest BCUT2D eigenvalue weighted by Gasteiger charge is -2.32. The highest BCUT2D eigenvalue weighted by Crippen LogP contribution is 2.17. The van der Waals surface area contributed by atoms with Gasteiger partial charge >= 0.3 is 0 Å². The first-order valence-corrected chi connectivity index (χ1v) is 8.37. The summed E-state index contributed by atoms with van der Waals surface area (Å²) in [4.78, 5) is 14.6. The molecule has 3 nitrogen and oxygen atoms in total. The summed E-state index contributed by atoms with van der Waals surface area (Å²) in [5.74, 6) is -0.592. The molecule has 2 rings (SSSR count). The van der Waals surface area contributed by atoms with Crippen molar-refractivity contribution in [2.24, 2.45) is 0 Å². The largest absolute Gasteiger partial charge is 0.349 e. The van der Waals surface area contributed by atoms with Gasteiger partial charge < -0.3 is 10.2 Å². The van der Waals surface area contributed by atoms with Gasteiger partial charge in [-0.15, -0.1) is 0 Å². The highest BCUT2D eigenvalue weighted by atomic mass is 79.9. The summed E-state index contributed by atoms with van der Waals surface area (Å²) in [6, 6.07) is 4.67. The van der Waals surface area contributed by atoms with E-state index in [0.29, 0.717) is 10.0 Å². The number of carbonyl (C=O) groups excluding carboxylic acids is 1. The number of amides is 1. The number of rotatable bonds is 5. The highest BCUT2D eigenvalue weighted by Gasteiger charge is 2.21. The Morgan fingerprint density at radius 2 is 2.14 bits per heavy atom. The van der Waals surface area contributed by atoms with Gasteiger partial charge in [0.1, 0.15) is 5.82 Å². The van der Waals surface area contributed by atoms with Gasteiger partial charge in [-0.2, -0.15) is 0 Å². The normalized spacial score (nSPS) is 16.9. The van der Waals surface area contributed by atoms with Crippen LogP contribution in [-0.4, -0.2) is 36.5 Å². The minimum absolute atomic E-state index is 0.187. The molecule has 0 saturated carbocycles. The van der Waals surface area contributed by atoms with Crippen LogP contribution in [0.15, 0.2) is 22.7 Å². The van der Waals surface area contributed by atoms with Gasteiger partial charge in [0, 0.05) is 24.7 Å². The summed E-state index contributed by atoms with van der Waals surface area (Å²) in [7, 11) is 0. The van der Waals surface area contributed by atoms with E-state index in [1.807, 2.05) is 0 Å². The lowest BCUT2D eigenvalue weighted by Crippen LogP contribution is -2.44. The molecule has 0 unspecified atom stereocenters. The Bertz CT molecular complexity index is 487. The number of halogens is 2. The lowest BCUT2D eigenvalue weighted by molar-refractivity contribution is 0.0910. The quantitative estimate of drug-likeness (QED) is 0.874. The number of likely N-dealkylation sites (tertiary alicyclic amines) is 1. The van der Waals surface area contributed by atoms with E-state index in [0.717, 1.165) is 32.5 Å². The van der Waals surface area contributed by atoms with Gasteiger partial charge in [0.05, 0.1) is 4.47 Å². The molecule has 0 spiro atoms. The van der Waals surface area contributed by atoms with Gasteiger partial charge in [-0.25, -0.2) is 4.39 Å². The fraction of sp³-hybridized carbons (Fsp3) is 0.562. The second-order valence-corrected chi connectivity index (χ2v) is 6.43. The van der Waals surface area contributed by atoms with Crippen molar-refractivity contribution in [3.8, 4) is 0 Å². The van der Waals surface area contributed by atoms with E-state index in [9.17, 15) is 9.18 Å². The van der Waals surface area contributed by atoms with E-state index in [1.165, 1.54) is 18.9 Å². The molecule has 1 fully saturated rings. The Morgan fingerprint density at radius 1 is 1.43 bits per heavy atom. The van der Waals surface area contributed by atoms with E-state index >= 15 is 0 Å². The average Bonchev–Trinajstić information content (AvgIpc) is 2.49. The van der Waals surface area contributed by atoms with Crippen molar-refractivity contribution in [1.29, 1.82) is 0 Å². The van der Waals surface area contributed by atoms with E-state index < -0.39 is 5.82 Å². The maximum Gasteiger partial charge on any atom is 0.251 e. The maximum atomic E-state index is 13.5. The standard InChI is InChI=1S/C16H22BrFN2O/c1-2-3-8-20-9-6-13(7-10-20)19-16(21)12-4-5-14(17)15(18)11-12/h4-5,11,13H,2-3,6-10H2,1H3,(H,19,21). The predicted octanol–water partition coefficient (Wildman–Crippen LogP) is 3.58. The molecule has 1 saturated heterocycles. The van der Waals surface area contributed by atoms with Crippen LogP contribution in [0.1, 0.15) is 43.0 Å². The van der Waals surface area contributed by atoms with Crippen molar-refractivity contribution < 1.29 is 9.18 Å². The zero-order valence-electron chi connectivity index (χ0n) is 12.4. The zero-order chi connectivity index (χ0) is 15.2. The smallest absolute Gasteiger partial charge is 0.251 e. The van der Waals surface area contributed by atoms with Gasteiger partial charge in [0.2, 0.25) is 0 Å². The van der Waals surface area contributed by atoms with Gasteiger partial charge in [0.25, 0.3) is 5.91 Å². The number of benzene rings is 1. The van der Waals surface area contributed by atoms with Crippen molar-refractivity contribution in [3.63, 3.8) is 0 Å². The number of nitrogens with one attached hydrogen (secondary N) is 1. The summed E-state index contributed by atoms with van der Waals surface area (Å²) < 4.78 is 13.8. The molecule has 1 amide bonds. The molecule has 0 atom stereocenters. The molecular formula is C16H22BrFN2O. The fourth-order valence-corrected chi connectivity index (χ4v) is 2.84. The number of hydrogen-bond acceptors (Lipinski definition) is 2. The van der Waals surface area contributed by atoms with Crippen molar-refractivity contribution in [2.45, 2.75) is 38.6 Å². The zero-order valence-corrected chi connectivity index (χ0v) is 14.0. The van der Waals surface area contributed by atoms with Crippen LogP contribution in [0.5, 0.6) is 0 Å². The number of unbranched alkanes of at least 4 members (excludes halogenated alkanes) is 1. The third kappa shape index (κ3) is 4.78. The first-order valence-electron chi connectivity index (χ1n) is 7.58. The second-order valence-electron chi connectivity index (χ2n) is 5.57.